The highest BCUT2D eigenvalue weighted by molar-refractivity contribution is 9.10. The maximum atomic E-state index is 12.6. The first-order valence-corrected chi connectivity index (χ1v) is 16.5. The van der Waals surface area contributed by atoms with E-state index in [9.17, 15) is 9.59 Å². The Hall–Kier alpha value is -3.00. The lowest BCUT2D eigenvalue weighted by molar-refractivity contribution is 0.0977. The molecule has 9 nitrogen and oxygen atoms in total. The number of aromatic nitrogens is 4. The largest absolute Gasteiger partial charge is 0.397 e. The molecular formula is C29H31Br2N7O2S2. The molecular weight excluding hydrogens is 702 g/mol. The number of hydrogen-bond acceptors (Lipinski definition) is 10. The third-order valence-corrected chi connectivity index (χ3v) is 8.46. The van der Waals surface area contributed by atoms with Gasteiger partial charge in [-0.1, -0.05) is 13.8 Å². The van der Waals surface area contributed by atoms with Crippen LogP contribution < -0.4 is 16.0 Å². The normalized spacial score (nSPS) is 10.4. The summed E-state index contributed by atoms with van der Waals surface area (Å²) in [6, 6.07) is 11.0. The maximum Gasteiger partial charge on any atom is 0.277 e. The van der Waals surface area contributed by atoms with Crippen LogP contribution in [-0.4, -0.2) is 57.2 Å². The van der Waals surface area contributed by atoms with Crippen LogP contribution in [0.5, 0.6) is 0 Å². The van der Waals surface area contributed by atoms with Crippen molar-refractivity contribution in [2.24, 2.45) is 0 Å². The molecule has 1 amide bonds. The number of carbonyl (C=O) groups excluding carboxylic acids is 2. The lowest BCUT2D eigenvalue weighted by Gasteiger charge is -2.19. The van der Waals surface area contributed by atoms with Gasteiger partial charge in [0.05, 0.1) is 29.5 Å². The molecule has 4 heterocycles. The number of rotatable bonds is 10. The fraction of sp³-hybridized carbons (Fsp3) is 0.241. The molecule has 0 bridgehead atoms. The van der Waals surface area contributed by atoms with Gasteiger partial charge in [-0.2, -0.15) is 0 Å². The number of ketones is 1. The molecule has 0 aliphatic rings. The fourth-order valence-corrected chi connectivity index (χ4v) is 6.06. The van der Waals surface area contributed by atoms with E-state index in [-0.39, 0.29) is 11.7 Å². The van der Waals surface area contributed by atoms with E-state index < -0.39 is 0 Å². The van der Waals surface area contributed by atoms with Crippen LogP contribution in [0.2, 0.25) is 0 Å². The molecule has 13 heteroatoms. The van der Waals surface area contributed by atoms with Crippen molar-refractivity contribution in [1.82, 2.24) is 19.9 Å². The van der Waals surface area contributed by atoms with Gasteiger partial charge in [0.2, 0.25) is 0 Å². The molecule has 0 saturated heterocycles. The highest BCUT2D eigenvalue weighted by Crippen LogP contribution is 2.28. The third-order valence-electron chi connectivity index (χ3n) is 5.73. The predicted molar refractivity (Wildman–Crippen MR) is 180 cm³/mol. The summed E-state index contributed by atoms with van der Waals surface area (Å²) in [4.78, 5) is 45.2. The molecule has 0 saturated carbocycles. The maximum absolute atomic E-state index is 12.6. The van der Waals surface area contributed by atoms with Gasteiger partial charge < -0.3 is 16.0 Å². The molecule has 0 atom stereocenters. The summed E-state index contributed by atoms with van der Waals surface area (Å²) in [6.45, 7) is 4.09. The van der Waals surface area contributed by atoms with Crippen LogP contribution in [0, 0.1) is 0 Å². The van der Waals surface area contributed by atoms with Gasteiger partial charge in [-0.25, -0.2) is 15.0 Å². The second-order valence-corrected chi connectivity index (χ2v) is 12.7. The van der Waals surface area contributed by atoms with Gasteiger partial charge in [0, 0.05) is 42.7 Å². The van der Waals surface area contributed by atoms with Crippen molar-refractivity contribution in [3.8, 4) is 0 Å². The first kappa shape index (κ1) is 33.5. The number of amides is 1. The van der Waals surface area contributed by atoms with Crippen LogP contribution in [0.15, 0.2) is 80.2 Å². The zero-order chi connectivity index (χ0) is 30.6. The monoisotopic (exact) mass is 731 g/mol. The van der Waals surface area contributed by atoms with E-state index in [2.05, 4.69) is 64.0 Å². The molecule has 3 N–H and O–H groups in total. The first-order valence-electron chi connectivity index (χ1n) is 12.9. The molecule has 0 radical (unpaired) electrons. The number of anilines is 3. The number of nitrogen functional groups attached to an aromatic ring is 1. The van der Waals surface area contributed by atoms with Crippen LogP contribution in [0.1, 0.15) is 40.4 Å². The average Bonchev–Trinajstić information content (AvgIpc) is 2.98. The lowest BCUT2D eigenvalue weighted by Crippen LogP contribution is -2.28. The topological polar surface area (TPSA) is 127 Å². The molecule has 0 spiro atoms. The highest BCUT2D eigenvalue weighted by Gasteiger charge is 2.20. The number of nitrogens with two attached hydrogens (primary N) is 1. The van der Waals surface area contributed by atoms with Crippen molar-refractivity contribution in [2.75, 3.05) is 41.6 Å². The molecule has 42 heavy (non-hydrogen) atoms. The SMILES string of the molecule is CCSc1cccnc1C(=O)Cc1cc(Br)ncc1NC.CCSc1cccnc1C(=O)N(C)c1cnc(Br)cc1N. The van der Waals surface area contributed by atoms with Gasteiger partial charge in [0.15, 0.2) is 5.78 Å². The minimum Gasteiger partial charge on any atom is -0.397 e. The lowest BCUT2D eigenvalue weighted by atomic mass is 10.1. The Morgan fingerprint density at radius 1 is 0.905 bits per heavy atom. The van der Waals surface area contributed by atoms with Gasteiger partial charge in [0.25, 0.3) is 5.91 Å². The number of nitrogens with zero attached hydrogens (tertiary/aromatic N) is 5. The molecule has 0 fully saturated rings. The number of nitrogens with one attached hydrogen (secondary N) is 1. The Morgan fingerprint density at radius 3 is 2.07 bits per heavy atom. The Labute approximate surface area is 271 Å². The second kappa shape index (κ2) is 16.6. The van der Waals surface area contributed by atoms with E-state index in [1.807, 2.05) is 44.3 Å². The van der Waals surface area contributed by atoms with E-state index in [4.69, 9.17) is 5.73 Å². The summed E-state index contributed by atoms with van der Waals surface area (Å²) in [7, 11) is 3.48. The van der Waals surface area contributed by atoms with Gasteiger partial charge >= 0.3 is 0 Å². The summed E-state index contributed by atoms with van der Waals surface area (Å²) in [5.74, 6) is 1.59. The molecule has 0 aliphatic carbocycles. The van der Waals surface area contributed by atoms with Crippen molar-refractivity contribution in [3.63, 3.8) is 0 Å². The van der Waals surface area contributed by atoms with Gasteiger partial charge in [0.1, 0.15) is 20.6 Å². The Kier molecular flexibility index (Phi) is 13.2. The molecule has 4 aromatic rings. The number of carbonyl (C=O) groups is 2. The first-order chi connectivity index (χ1) is 20.2. The van der Waals surface area contributed by atoms with Crippen LogP contribution in [0.3, 0.4) is 0 Å². The summed E-state index contributed by atoms with van der Waals surface area (Å²) in [5, 5.41) is 3.06. The van der Waals surface area contributed by atoms with Gasteiger partial charge in [-0.05, 0) is 85.3 Å². The van der Waals surface area contributed by atoms with Crippen molar-refractivity contribution < 1.29 is 9.59 Å². The number of Topliss-reactive ketones (excluding diaryl/α,β-unsaturated/α-hetero) is 1. The smallest absolute Gasteiger partial charge is 0.277 e. The van der Waals surface area contributed by atoms with Crippen molar-refractivity contribution in [3.05, 3.63) is 87.3 Å². The molecule has 0 aromatic carbocycles. The van der Waals surface area contributed by atoms with Crippen molar-refractivity contribution >= 4 is 84.1 Å². The van der Waals surface area contributed by atoms with E-state index in [1.54, 1.807) is 61.4 Å². The molecule has 0 unspecified atom stereocenters. The number of thioether (sulfide) groups is 2. The van der Waals surface area contributed by atoms with Crippen LogP contribution in [-0.2, 0) is 6.42 Å². The number of halogens is 2. The minimum absolute atomic E-state index is 0.0150. The van der Waals surface area contributed by atoms with Crippen molar-refractivity contribution in [1.29, 1.82) is 0 Å². The van der Waals surface area contributed by atoms with Crippen molar-refractivity contribution in [2.45, 2.75) is 30.1 Å². The predicted octanol–water partition coefficient (Wildman–Crippen LogP) is 7.03. The van der Waals surface area contributed by atoms with E-state index in [0.717, 1.165) is 32.5 Å². The summed E-state index contributed by atoms with van der Waals surface area (Å²) >= 11 is 9.81. The zero-order valence-electron chi connectivity index (χ0n) is 23.6. The summed E-state index contributed by atoms with van der Waals surface area (Å²) in [6.07, 6.45) is 6.85. The second-order valence-electron chi connectivity index (χ2n) is 8.51. The summed E-state index contributed by atoms with van der Waals surface area (Å²) in [5.41, 5.74) is 9.71. The standard InChI is InChI=1S/C15H16BrN3OS.C14H15BrN4OS/c1-3-21-13-5-4-6-18-15(13)12(20)7-10-8-14(16)19-9-11(10)17-2;1-3-21-11-5-4-6-17-13(11)14(20)19(2)10-8-18-12(15)7-9(10)16/h4-6,8-9,17H,3,7H2,1-2H3;4-8H,3H2,1-2H3,(H2,16,18). The van der Waals surface area contributed by atoms with Gasteiger partial charge in [-0.15, -0.1) is 23.5 Å². The third kappa shape index (κ3) is 9.00. The Balaban J connectivity index is 0.000000230. The van der Waals surface area contributed by atoms with Gasteiger partial charge in [-0.3, -0.25) is 14.6 Å². The molecule has 4 rings (SSSR count). The minimum atomic E-state index is -0.206. The number of pyridine rings is 4. The number of hydrogen-bond donors (Lipinski definition) is 2. The quantitative estimate of drug-likeness (QED) is 0.0997. The Bertz CT molecular complexity index is 1540. The van der Waals surface area contributed by atoms with E-state index in [0.29, 0.717) is 38.4 Å². The van der Waals surface area contributed by atoms with Crippen LogP contribution in [0.4, 0.5) is 17.1 Å². The van der Waals surface area contributed by atoms with E-state index >= 15 is 0 Å². The molecule has 4 aromatic heterocycles. The van der Waals surface area contributed by atoms with E-state index in [1.165, 1.54) is 4.90 Å². The molecule has 0 aliphatic heterocycles. The molecule has 220 valence electrons. The Morgan fingerprint density at radius 2 is 1.48 bits per heavy atom. The van der Waals surface area contributed by atoms with Crippen LogP contribution >= 0.6 is 55.4 Å². The zero-order valence-corrected chi connectivity index (χ0v) is 28.4. The summed E-state index contributed by atoms with van der Waals surface area (Å²) < 4.78 is 1.35. The average molecular weight is 734 g/mol. The van der Waals surface area contributed by atoms with Crippen LogP contribution in [0.25, 0.3) is 0 Å². The highest BCUT2D eigenvalue weighted by atomic mass is 79.9. The fourth-order valence-electron chi connectivity index (χ4n) is 3.78.